The van der Waals surface area contributed by atoms with Crippen molar-refractivity contribution in [2.24, 2.45) is 9.98 Å². The second-order valence-electron chi connectivity index (χ2n) is 9.13. The van der Waals surface area contributed by atoms with E-state index >= 15 is 0 Å². The van der Waals surface area contributed by atoms with Crippen LogP contribution in [0, 0.1) is 11.3 Å². The Balaban J connectivity index is 0.000000337. The molecule has 2 aromatic carbocycles. The molecule has 0 spiro atoms. The molecule has 5 nitrogen and oxygen atoms in total. The minimum Gasteiger partial charge on any atom is -0.871 e. The Hall–Kier alpha value is -1.24. The smallest absolute Gasteiger partial charge is 0.871 e. The van der Waals surface area contributed by atoms with Crippen molar-refractivity contribution in [3.63, 3.8) is 0 Å². The number of benzene rings is 2. The van der Waals surface area contributed by atoms with Crippen molar-refractivity contribution >= 4 is 62.9 Å². The summed E-state index contributed by atoms with van der Waals surface area (Å²) in [6.45, 7) is 1.43. The molecule has 0 aromatic heterocycles. The first kappa shape index (κ1) is 34.8. The van der Waals surface area contributed by atoms with Crippen LogP contribution in [0.25, 0.3) is 0 Å². The first-order valence-electron chi connectivity index (χ1n) is 12.6. The normalized spacial score (nSPS) is 16.1. The summed E-state index contributed by atoms with van der Waals surface area (Å²) >= 11 is 16.8. The van der Waals surface area contributed by atoms with Crippen LogP contribution in [0.15, 0.2) is 53.8 Å². The summed E-state index contributed by atoms with van der Waals surface area (Å²) in [6, 6.07) is 9.33. The zero-order chi connectivity index (χ0) is 27.2. The van der Waals surface area contributed by atoms with Crippen molar-refractivity contribution in [3.8, 4) is 17.6 Å². The molecule has 10 heteroatoms. The van der Waals surface area contributed by atoms with Gasteiger partial charge < -0.3 is 10.2 Å². The first-order valence-corrected chi connectivity index (χ1v) is 14.4. The molecule has 0 heterocycles. The van der Waals surface area contributed by atoms with Gasteiger partial charge in [-0.2, -0.15) is 5.26 Å². The maximum Gasteiger partial charge on any atom is 2.00 e. The van der Waals surface area contributed by atoms with E-state index in [9.17, 15) is 10.2 Å². The molecule has 2 aliphatic carbocycles. The number of nitrogens with zero attached hydrogens (tertiary/aromatic N) is 3. The monoisotopic (exact) mass is 631 g/mol. The van der Waals surface area contributed by atoms with Gasteiger partial charge in [-0.15, -0.1) is 50.5 Å². The summed E-state index contributed by atoms with van der Waals surface area (Å²) in [5.41, 5.74) is 1.18. The van der Waals surface area contributed by atoms with E-state index in [2.05, 4.69) is 60.5 Å². The second kappa shape index (κ2) is 18.9. The van der Waals surface area contributed by atoms with Gasteiger partial charge in [0.05, 0.1) is 6.07 Å². The maximum absolute atomic E-state index is 11.8. The standard InChI is InChI=1S/2C13H17NOS2.C2H3N.Ni/c2*15-13-9(6-11(16)7-12(13)17)8-14-10-4-2-1-3-5-10;1-2-3;/h2*6-8,10,15-17H,1-5H2;1H3;/q;;;+2/p-2. The SMILES string of the molecule is CC#N.[Ni+2].[O-]c1c(S)cc(S)cc1C=NC1CCCCC1.[O-]c1c(S)cc(S)cc1C=NC1CCCCC1. The van der Waals surface area contributed by atoms with Crippen LogP contribution in [0.2, 0.25) is 0 Å². The average Bonchev–Trinajstić information content (AvgIpc) is 2.88. The minimum atomic E-state index is -0.0642. The van der Waals surface area contributed by atoms with Gasteiger partial charge >= 0.3 is 16.5 Å². The van der Waals surface area contributed by atoms with Gasteiger partial charge in [0, 0.05) is 41.2 Å². The third kappa shape index (κ3) is 12.3. The van der Waals surface area contributed by atoms with Crippen LogP contribution in [-0.2, 0) is 16.5 Å². The second-order valence-corrected chi connectivity index (χ2v) is 11.1. The quantitative estimate of drug-likeness (QED) is 0.172. The molecular formula is C28H35N3NiO2S4. The molecule has 0 atom stereocenters. The van der Waals surface area contributed by atoms with Gasteiger partial charge in [0.15, 0.2) is 0 Å². The molecule has 4 rings (SSSR count). The van der Waals surface area contributed by atoms with Crippen LogP contribution in [0.3, 0.4) is 0 Å². The van der Waals surface area contributed by atoms with E-state index in [4.69, 9.17) is 5.26 Å². The minimum absolute atomic E-state index is 0. The van der Waals surface area contributed by atoms with E-state index in [-0.39, 0.29) is 28.0 Å². The molecule has 0 saturated heterocycles. The Morgan fingerprint density at radius 1 is 0.711 bits per heavy atom. The first-order chi connectivity index (χ1) is 17.7. The largest absolute Gasteiger partial charge is 2.00 e. The molecule has 208 valence electrons. The van der Waals surface area contributed by atoms with E-state index < -0.39 is 0 Å². The van der Waals surface area contributed by atoms with E-state index in [0.717, 1.165) is 35.5 Å². The summed E-state index contributed by atoms with van der Waals surface area (Å²) < 4.78 is 0. The Labute approximate surface area is 259 Å². The van der Waals surface area contributed by atoms with Crippen LogP contribution in [0.1, 0.15) is 82.3 Å². The van der Waals surface area contributed by atoms with Crippen LogP contribution in [-0.4, -0.2) is 24.5 Å². The molecular weight excluding hydrogens is 597 g/mol. The average molecular weight is 633 g/mol. The van der Waals surface area contributed by atoms with Crippen molar-refractivity contribution in [2.75, 3.05) is 0 Å². The number of hydrogen-bond acceptors (Lipinski definition) is 9. The molecule has 0 bridgehead atoms. The van der Waals surface area contributed by atoms with E-state index in [0.29, 0.717) is 33.0 Å². The molecule has 0 aliphatic heterocycles. The van der Waals surface area contributed by atoms with Gasteiger partial charge in [-0.05, 0) is 70.9 Å². The third-order valence-electron chi connectivity index (χ3n) is 6.16. The van der Waals surface area contributed by atoms with E-state index in [1.807, 2.05) is 0 Å². The molecule has 0 radical (unpaired) electrons. The number of aliphatic imine (C=N–C) groups is 2. The van der Waals surface area contributed by atoms with Crippen LogP contribution in [0.4, 0.5) is 0 Å². The molecule has 0 unspecified atom stereocenters. The number of thiol groups is 4. The van der Waals surface area contributed by atoms with E-state index in [1.165, 1.54) is 45.4 Å². The maximum atomic E-state index is 11.8. The Morgan fingerprint density at radius 2 is 1.03 bits per heavy atom. The molecule has 2 aromatic rings. The van der Waals surface area contributed by atoms with Crippen molar-refractivity contribution in [2.45, 2.75) is 103 Å². The van der Waals surface area contributed by atoms with Crippen LogP contribution >= 0.6 is 50.5 Å². The van der Waals surface area contributed by atoms with Gasteiger partial charge in [-0.1, -0.05) is 50.0 Å². The molecule has 2 saturated carbocycles. The summed E-state index contributed by atoms with van der Waals surface area (Å²) in [7, 11) is 0. The third-order valence-corrected chi connectivity index (χ3v) is 7.34. The zero-order valence-corrected chi connectivity index (χ0v) is 26.0. The van der Waals surface area contributed by atoms with Gasteiger partial charge in [-0.25, -0.2) is 0 Å². The Morgan fingerprint density at radius 3 is 1.34 bits per heavy atom. The predicted octanol–water partition coefficient (Wildman–Crippen LogP) is 6.71. The number of hydrogen-bond donors (Lipinski definition) is 4. The van der Waals surface area contributed by atoms with Gasteiger partial charge in [0.25, 0.3) is 0 Å². The summed E-state index contributed by atoms with van der Waals surface area (Å²) in [5.74, 6) is -0.128. The summed E-state index contributed by atoms with van der Waals surface area (Å²) in [5, 5.41) is 30.9. The Kier molecular flexibility index (Phi) is 17.3. The fourth-order valence-electron chi connectivity index (χ4n) is 4.26. The molecule has 0 N–H and O–H groups in total. The van der Waals surface area contributed by atoms with Crippen LogP contribution in [0.5, 0.6) is 11.5 Å². The van der Waals surface area contributed by atoms with Crippen molar-refractivity contribution < 1.29 is 26.7 Å². The summed E-state index contributed by atoms with van der Waals surface area (Å²) in [4.78, 5) is 11.4. The fourth-order valence-corrected chi connectivity index (χ4v) is 5.54. The zero-order valence-electron chi connectivity index (χ0n) is 21.5. The van der Waals surface area contributed by atoms with Crippen molar-refractivity contribution in [1.29, 1.82) is 5.26 Å². The number of nitriles is 1. The van der Waals surface area contributed by atoms with Crippen molar-refractivity contribution in [3.05, 3.63) is 35.4 Å². The molecule has 38 heavy (non-hydrogen) atoms. The summed E-state index contributed by atoms with van der Waals surface area (Å²) in [6.07, 6.45) is 15.5. The molecule has 2 fully saturated rings. The van der Waals surface area contributed by atoms with E-state index in [1.54, 1.807) is 42.8 Å². The van der Waals surface area contributed by atoms with Gasteiger partial charge in [-0.3, -0.25) is 9.98 Å². The van der Waals surface area contributed by atoms with Gasteiger partial charge in [0.1, 0.15) is 0 Å². The van der Waals surface area contributed by atoms with Gasteiger partial charge in [0.2, 0.25) is 0 Å². The molecule has 0 amide bonds. The molecule has 2 aliphatic rings. The Bertz CT molecular complexity index is 1030. The number of rotatable bonds is 4. The van der Waals surface area contributed by atoms with Crippen molar-refractivity contribution in [1.82, 2.24) is 0 Å². The predicted molar refractivity (Wildman–Crippen MR) is 161 cm³/mol. The van der Waals surface area contributed by atoms with Crippen LogP contribution < -0.4 is 10.2 Å². The topological polar surface area (TPSA) is 94.6 Å². The fraction of sp³-hybridized carbons (Fsp3) is 0.464.